The fourth-order valence-corrected chi connectivity index (χ4v) is 5.15. The fraction of sp³-hybridized carbons (Fsp3) is 0.143. The zero-order chi connectivity index (χ0) is 24.8. The van der Waals surface area contributed by atoms with Gasteiger partial charge in [-0.25, -0.2) is 13.4 Å². The van der Waals surface area contributed by atoms with Crippen LogP contribution >= 0.6 is 0 Å². The molecular weight excluding hydrogens is 460 g/mol. The van der Waals surface area contributed by atoms with E-state index in [2.05, 4.69) is 4.98 Å². The predicted octanol–water partition coefficient (Wildman–Crippen LogP) is 5.33. The summed E-state index contributed by atoms with van der Waals surface area (Å²) < 4.78 is 28.4. The van der Waals surface area contributed by atoms with Crippen molar-refractivity contribution in [2.75, 3.05) is 0 Å². The van der Waals surface area contributed by atoms with Gasteiger partial charge in [-0.05, 0) is 46.9 Å². The summed E-state index contributed by atoms with van der Waals surface area (Å²) in [5, 5.41) is 9.34. The molecule has 178 valence electrons. The maximum atomic E-state index is 13.5. The molecule has 0 saturated carbocycles. The molecule has 1 atom stereocenters. The molecule has 0 aliphatic carbocycles. The Labute approximate surface area is 205 Å². The van der Waals surface area contributed by atoms with Crippen molar-refractivity contribution in [2.45, 2.75) is 31.0 Å². The van der Waals surface area contributed by atoms with Crippen molar-refractivity contribution in [3.63, 3.8) is 0 Å². The highest BCUT2D eigenvalue weighted by Gasteiger charge is 2.26. The molecule has 0 spiro atoms. The zero-order valence-corrected chi connectivity index (χ0v) is 20.1. The Kier molecular flexibility index (Phi) is 7.39. The smallest absolute Gasteiger partial charge is 0.310 e. The maximum Gasteiger partial charge on any atom is 0.310 e. The van der Waals surface area contributed by atoms with Gasteiger partial charge in [-0.1, -0.05) is 84.9 Å². The number of hydrogen-bond donors (Lipinski definition) is 1. The van der Waals surface area contributed by atoms with Gasteiger partial charge in [0.15, 0.2) is 5.03 Å². The van der Waals surface area contributed by atoms with Gasteiger partial charge in [0.2, 0.25) is 0 Å². The third kappa shape index (κ3) is 5.82. The van der Waals surface area contributed by atoms with Gasteiger partial charge < -0.3 is 5.11 Å². The first-order valence-corrected chi connectivity index (χ1v) is 12.7. The summed E-state index contributed by atoms with van der Waals surface area (Å²) in [4.78, 5) is 15.5. The minimum Gasteiger partial charge on any atom is -0.481 e. The average Bonchev–Trinajstić information content (AvgIpc) is 2.89. The maximum absolute atomic E-state index is 13.5. The molecule has 3 aromatic carbocycles. The van der Waals surface area contributed by atoms with E-state index in [1.54, 1.807) is 43.3 Å². The Balaban J connectivity index is 1.65. The molecule has 0 aliphatic heterocycles. The lowest BCUT2D eigenvalue weighted by Gasteiger charge is -2.23. The molecule has 0 radical (unpaired) electrons. The SMILES string of the molecule is CC(C(=O)O)c1cccc(CN(Cc2ccc(-c3ccccc3)cc2)S(=O)(=O)c2ccccn2)c1. The molecule has 0 aliphatic rings. The van der Waals surface area contributed by atoms with Crippen molar-refractivity contribution in [1.82, 2.24) is 9.29 Å². The van der Waals surface area contributed by atoms with Crippen molar-refractivity contribution in [3.8, 4) is 11.1 Å². The van der Waals surface area contributed by atoms with Crippen LogP contribution in [-0.4, -0.2) is 28.8 Å². The van der Waals surface area contributed by atoms with Crippen LogP contribution in [0.4, 0.5) is 0 Å². The minimum atomic E-state index is -3.90. The monoisotopic (exact) mass is 486 g/mol. The second-order valence-electron chi connectivity index (χ2n) is 8.31. The van der Waals surface area contributed by atoms with Gasteiger partial charge in [0.1, 0.15) is 0 Å². The van der Waals surface area contributed by atoms with Crippen LogP contribution in [0.2, 0.25) is 0 Å². The molecule has 1 heterocycles. The van der Waals surface area contributed by atoms with E-state index in [1.165, 1.54) is 16.6 Å². The molecule has 6 nitrogen and oxygen atoms in total. The van der Waals surface area contributed by atoms with Crippen LogP contribution in [0.15, 0.2) is 108 Å². The van der Waals surface area contributed by atoms with E-state index in [1.807, 2.05) is 54.6 Å². The van der Waals surface area contributed by atoms with Crippen LogP contribution in [0.5, 0.6) is 0 Å². The number of aromatic nitrogens is 1. The van der Waals surface area contributed by atoms with Gasteiger partial charge in [0.25, 0.3) is 10.0 Å². The second-order valence-corrected chi connectivity index (χ2v) is 10.2. The van der Waals surface area contributed by atoms with Crippen LogP contribution in [-0.2, 0) is 27.9 Å². The summed E-state index contributed by atoms with van der Waals surface area (Å²) in [7, 11) is -3.90. The Morgan fingerprint density at radius 2 is 1.49 bits per heavy atom. The number of hydrogen-bond acceptors (Lipinski definition) is 4. The van der Waals surface area contributed by atoms with E-state index in [-0.39, 0.29) is 18.1 Å². The van der Waals surface area contributed by atoms with E-state index >= 15 is 0 Å². The second kappa shape index (κ2) is 10.6. The van der Waals surface area contributed by atoms with E-state index in [0.717, 1.165) is 16.7 Å². The summed E-state index contributed by atoms with van der Waals surface area (Å²) in [5.41, 5.74) is 4.29. The lowest BCUT2D eigenvalue weighted by Crippen LogP contribution is -2.31. The summed E-state index contributed by atoms with van der Waals surface area (Å²) in [6, 6.07) is 29.6. The highest BCUT2D eigenvalue weighted by atomic mass is 32.2. The first-order valence-electron chi connectivity index (χ1n) is 11.2. The van der Waals surface area contributed by atoms with Gasteiger partial charge in [0, 0.05) is 19.3 Å². The third-order valence-corrected chi connectivity index (χ3v) is 7.55. The standard InChI is InChI=1S/C28H26N2O4S/c1-21(28(31)32)26-11-7-8-23(18-26)20-30(35(33,34)27-12-5-6-17-29-27)19-22-13-15-25(16-14-22)24-9-3-2-4-10-24/h2-18,21H,19-20H2,1H3,(H,31,32). The average molecular weight is 487 g/mol. The number of sulfonamides is 1. The van der Waals surface area contributed by atoms with Crippen LogP contribution in [0, 0.1) is 0 Å². The largest absolute Gasteiger partial charge is 0.481 e. The van der Waals surface area contributed by atoms with E-state index in [9.17, 15) is 18.3 Å². The van der Waals surface area contributed by atoms with Gasteiger partial charge in [-0.2, -0.15) is 4.31 Å². The number of pyridine rings is 1. The predicted molar refractivity (Wildman–Crippen MR) is 135 cm³/mol. The Morgan fingerprint density at radius 1 is 0.829 bits per heavy atom. The van der Waals surface area contributed by atoms with Crippen molar-refractivity contribution in [1.29, 1.82) is 0 Å². The normalized spacial score (nSPS) is 12.4. The Morgan fingerprint density at radius 3 is 2.14 bits per heavy atom. The van der Waals surface area contributed by atoms with Crippen LogP contribution in [0.1, 0.15) is 29.5 Å². The lowest BCUT2D eigenvalue weighted by molar-refractivity contribution is -0.138. The summed E-state index contributed by atoms with van der Waals surface area (Å²) in [6.07, 6.45) is 1.45. The third-order valence-electron chi connectivity index (χ3n) is 5.84. The Hall–Kier alpha value is -3.81. The van der Waals surface area contributed by atoms with Crippen molar-refractivity contribution in [2.24, 2.45) is 0 Å². The summed E-state index contributed by atoms with van der Waals surface area (Å²) in [5.74, 6) is -1.63. The molecule has 4 rings (SSSR count). The molecule has 1 N–H and O–H groups in total. The molecule has 1 aromatic heterocycles. The quantitative estimate of drug-likeness (QED) is 0.346. The van der Waals surface area contributed by atoms with Gasteiger partial charge in [-0.3, -0.25) is 4.79 Å². The number of carboxylic acids is 1. The number of benzene rings is 3. The molecule has 4 aromatic rings. The van der Waals surface area contributed by atoms with Crippen molar-refractivity contribution >= 4 is 16.0 Å². The van der Waals surface area contributed by atoms with Crippen LogP contribution < -0.4 is 0 Å². The number of nitrogens with zero attached hydrogens (tertiary/aromatic N) is 2. The van der Waals surface area contributed by atoms with Crippen molar-refractivity contribution in [3.05, 3.63) is 120 Å². The van der Waals surface area contributed by atoms with Gasteiger partial charge in [-0.15, -0.1) is 0 Å². The first kappa shape index (κ1) is 24.3. The highest BCUT2D eigenvalue weighted by molar-refractivity contribution is 7.89. The number of carboxylic acid groups (broad SMARTS) is 1. The number of rotatable bonds is 9. The lowest BCUT2D eigenvalue weighted by atomic mass is 9.99. The molecule has 0 amide bonds. The van der Waals surface area contributed by atoms with Crippen molar-refractivity contribution < 1.29 is 18.3 Å². The minimum absolute atomic E-state index is 0.0315. The van der Waals surface area contributed by atoms with E-state index in [4.69, 9.17) is 0 Å². The van der Waals surface area contributed by atoms with Crippen LogP contribution in [0.3, 0.4) is 0 Å². The van der Waals surface area contributed by atoms with Crippen LogP contribution in [0.25, 0.3) is 11.1 Å². The molecule has 0 fully saturated rings. The number of carbonyl (C=O) groups is 1. The molecule has 0 saturated heterocycles. The topological polar surface area (TPSA) is 87.6 Å². The Bertz CT molecular complexity index is 1390. The highest BCUT2D eigenvalue weighted by Crippen LogP contribution is 2.24. The first-order chi connectivity index (χ1) is 16.8. The molecule has 35 heavy (non-hydrogen) atoms. The zero-order valence-electron chi connectivity index (χ0n) is 19.3. The summed E-state index contributed by atoms with van der Waals surface area (Å²) >= 11 is 0. The van der Waals surface area contributed by atoms with Gasteiger partial charge in [0.05, 0.1) is 5.92 Å². The molecule has 1 unspecified atom stereocenters. The van der Waals surface area contributed by atoms with E-state index < -0.39 is 21.9 Å². The number of aliphatic carboxylic acids is 1. The molecule has 0 bridgehead atoms. The van der Waals surface area contributed by atoms with Gasteiger partial charge >= 0.3 is 5.97 Å². The fourth-order valence-electron chi connectivity index (χ4n) is 3.80. The molecular formula is C28H26N2O4S. The summed E-state index contributed by atoms with van der Waals surface area (Å²) in [6.45, 7) is 1.84. The van der Waals surface area contributed by atoms with E-state index in [0.29, 0.717) is 11.1 Å². The molecule has 7 heteroatoms.